The van der Waals surface area contributed by atoms with Crippen molar-refractivity contribution in [3.8, 4) is 0 Å². The van der Waals surface area contributed by atoms with Crippen LogP contribution in [0.3, 0.4) is 0 Å². The number of benzene rings is 3. The summed E-state index contributed by atoms with van der Waals surface area (Å²) in [6.45, 7) is 2.31. The van der Waals surface area contributed by atoms with Crippen molar-refractivity contribution in [1.82, 2.24) is 10.2 Å². The van der Waals surface area contributed by atoms with Gasteiger partial charge in [-0.05, 0) is 28.9 Å². The largest absolute Gasteiger partial charge is 0.358 e. The molecule has 0 heterocycles. The minimum absolute atomic E-state index is 0.736. The monoisotopic (exact) mass is 346 g/mol. The molecule has 0 fully saturated rings. The average Bonchev–Trinajstić information content (AvgIpc) is 2.68. The van der Waals surface area contributed by atoms with Gasteiger partial charge in [0.25, 0.3) is 0 Å². The van der Waals surface area contributed by atoms with Gasteiger partial charge in [0, 0.05) is 19.6 Å². The Morgan fingerprint density at radius 1 is 0.640 bits per heavy atom. The summed E-state index contributed by atoms with van der Waals surface area (Å²) in [6, 6.07) is 31.2. The zero-order valence-electron chi connectivity index (χ0n) is 14.1. The lowest BCUT2D eigenvalue weighted by Crippen LogP contribution is -2.38. The second-order valence-electron chi connectivity index (χ2n) is 5.97. The smallest absolute Gasteiger partial charge is 0.169 e. The van der Waals surface area contributed by atoms with Crippen molar-refractivity contribution in [1.29, 1.82) is 0 Å². The van der Waals surface area contributed by atoms with Gasteiger partial charge in [-0.15, -0.1) is 0 Å². The molecule has 0 amide bonds. The van der Waals surface area contributed by atoms with E-state index in [2.05, 4.69) is 70.9 Å². The van der Waals surface area contributed by atoms with Crippen LogP contribution >= 0.6 is 12.2 Å². The number of thiocarbonyl (C=S) groups is 1. The molecule has 0 aliphatic rings. The third kappa shape index (κ3) is 5.44. The summed E-state index contributed by atoms with van der Waals surface area (Å²) in [5.74, 6) is 0. The zero-order valence-corrected chi connectivity index (χ0v) is 15.0. The van der Waals surface area contributed by atoms with E-state index < -0.39 is 0 Å². The second-order valence-corrected chi connectivity index (χ2v) is 6.36. The van der Waals surface area contributed by atoms with Gasteiger partial charge in [0.05, 0.1) is 0 Å². The fourth-order valence-corrected chi connectivity index (χ4v) is 2.89. The van der Waals surface area contributed by atoms with Crippen molar-refractivity contribution in [3.05, 3.63) is 108 Å². The standard InChI is InChI=1S/C22H22N2S/c25-22(23-16-19-10-4-1-5-11-19)24(17-20-12-6-2-7-13-20)18-21-14-8-3-9-15-21/h1-15H,16-18H2,(H,23,25). The van der Waals surface area contributed by atoms with E-state index in [9.17, 15) is 0 Å². The van der Waals surface area contributed by atoms with Crippen LogP contribution in [-0.2, 0) is 19.6 Å². The predicted molar refractivity (Wildman–Crippen MR) is 108 cm³/mol. The summed E-state index contributed by atoms with van der Waals surface area (Å²) >= 11 is 5.69. The first-order valence-electron chi connectivity index (χ1n) is 8.46. The third-order valence-corrected chi connectivity index (χ3v) is 4.41. The van der Waals surface area contributed by atoms with Gasteiger partial charge in [0.15, 0.2) is 5.11 Å². The van der Waals surface area contributed by atoms with Crippen molar-refractivity contribution >= 4 is 17.3 Å². The molecule has 3 aromatic carbocycles. The van der Waals surface area contributed by atoms with Gasteiger partial charge < -0.3 is 10.2 Å². The molecular formula is C22H22N2S. The molecule has 1 N–H and O–H groups in total. The molecule has 0 unspecified atom stereocenters. The van der Waals surface area contributed by atoms with E-state index >= 15 is 0 Å². The van der Waals surface area contributed by atoms with Crippen LogP contribution in [-0.4, -0.2) is 10.0 Å². The van der Waals surface area contributed by atoms with Crippen molar-refractivity contribution in [2.75, 3.05) is 0 Å². The van der Waals surface area contributed by atoms with Crippen molar-refractivity contribution in [2.45, 2.75) is 19.6 Å². The molecule has 0 aromatic heterocycles. The molecule has 25 heavy (non-hydrogen) atoms. The summed E-state index contributed by atoms with van der Waals surface area (Å²) in [7, 11) is 0. The molecule has 0 saturated heterocycles. The number of nitrogens with one attached hydrogen (secondary N) is 1. The lowest BCUT2D eigenvalue weighted by molar-refractivity contribution is 0.399. The maximum absolute atomic E-state index is 5.69. The number of hydrogen-bond acceptors (Lipinski definition) is 1. The van der Waals surface area contributed by atoms with Gasteiger partial charge in [-0.25, -0.2) is 0 Å². The third-order valence-electron chi connectivity index (χ3n) is 4.01. The average molecular weight is 346 g/mol. The van der Waals surface area contributed by atoms with E-state index in [0.29, 0.717) is 0 Å². The normalized spacial score (nSPS) is 10.2. The topological polar surface area (TPSA) is 15.3 Å². The zero-order chi connectivity index (χ0) is 17.3. The minimum Gasteiger partial charge on any atom is -0.358 e. The van der Waals surface area contributed by atoms with Gasteiger partial charge in [-0.1, -0.05) is 91.0 Å². The fraction of sp³-hybridized carbons (Fsp3) is 0.136. The van der Waals surface area contributed by atoms with Gasteiger partial charge in [0.1, 0.15) is 0 Å². The van der Waals surface area contributed by atoms with E-state index in [-0.39, 0.29) is 0 Å². The van der Waals surface area contributed by atoms with Crippen molar-refractivity contribution in [3.63, 3.8) is 0 Å². The second kappa shape index (κ2) is 9.00. The number of hydrogen-bond donors (Lipinski definition) is 1. The minimum atomic E-state index is 0.736. The van der Waals surface area contributed by atoms with Crippen LogP contribution in [0.1, 0.15) is 16.7 Å². The van der Waals surface area contributed by atoms with Gasteiger partial charge in [0.2, 0.25) is 0 Å². The van der Waals surface area contributed by atoms with Crippen LogP contribution < -0.4 is 5.32 Å². The molecule has 2 nitrogen and oxygen atoms in total. The summed E-state index contributed by atoms with van der Waals surface area (Å²) in [5.41, 5.74) is 3.73. The summed E-state index contributed by atoms with van der Waals surface area (Å²) < 4.78 is 0. The fourth-order valence-electron chi connectivity index (χ4n) is 2.69. The molecular weight excluding hydrogens is 324 g/mol. The molecule has 0 aliphatic carbocycles. The SMILES string of the molecule is S=C(NCc1ccccc1)N(Cc1ccccc1)Cc1ccccc1. The first-order valence-corrected chi connectivity index (χ1v) is 8.86. The Labute approximate surface area is 155 Å². The Morgan fingerprint density at radius 3 is 1.48 bits per heavy atom. The summed E-state index contributed by atoms with van der Waals surface area (Å²) in [4.78, 5) is 2.21. The molecule has 0 bridgehead atoms. The Bertz CT molecular complexity index is 731. The molecule has 0 aliphatic heterocycles. The highest BCUT2D eigenvalue weighted by atomic mass is 32.1. The van der Waals surface area contributed by atoms with Crippen LogP contribution in [0.2, 0.25) is 0 Å². The van der Waals surface area contributed by atoms with E-state index in [1.807, 2.05) is 30.3 Å². The predicted octanol–water partition coefficient (Wildman–Crippen LogP) is 4.76. The molecule has 0 atom stereocenters. The van der Waals surface area contributed by atoms with Crippen LogP contribution in [0.5, 0.6) is 0 Å². The summed E-state index contributed by atoms with van der Waals surface area (Å²) in [5, 5.41) is 4.17. The number of rotatable bonds is 6. The van der Waals surface area contributed by atoms with Gasteiger partial charge in [-0.3, -0.25) is 0 Å². The Hall–Kier alpha value is -2.65. The highest BCUT2D eigenvalue weighted by Crippen LogP contribution is 2.11. The molecule has 3 aromatic rings. The first-order chi connectivity index (χ1) is 12.3. The molecule has 0 radical (unpaired) electrons. The highest BCUT2D eigenvalue weighted by molar-refractivity contribution is 7.80. The van der Waals surface area contributed by atoms with Gasteiger partial charge >= 0.3 is 0 Å². The molecule has 126 valence electrons. The van der Waals surface area contributed by atoms with Crippen LogP contribution in [0, 0.1) is 0 Å². The lowest BCUT2D eigenvalue weighted by atomic mass is 10.2. The quantitative estimate of drug-likeness (QED) is 0.648. The molecule has 3 rings (SSSR count). The lowest BCUT2D eigenvalue weighted by Gasteiger charge is -2.26. The van der Waals surface area contributed by atoms with Crippen LogP contribution in [0.25, 0.3) is 0 Å². The molecule has 0 saturated carbocycles. The molecule has 3 heteroatoms. The Kier molecular flexibility index (Phi) is 6.18. The van der Waals surface area contributed by atoms with E-state index in [1.165, 1.54) is 16.7 Å². The van der Waals surface area contributed by atoms with Crippen LogP contribution in [0.15, 0.2) is 91.0 Å². The summed E-state index contributed by atoms with van der Waals surface area (Å²) in [6.07, 6.45) is 0. The maximum Gasteiger partial charge on any atom is 0.169 e. The van der Waals surface area contributed by atoms with E-state index in [1.54, 1.807) is 0 Å². The van der Waals surface area contributed by atoms with Crippen LogP contribution in [0.4, 0.5) is 0 Å². The molecule has 0 spiro atoms. The highest BCUT2D eigenvalue weighted by Gasteiger charge is 2.11. The van der Waals surface area contributed by atoms with E-state index in [0.717, 1.165) is 24.7 Å². The van der Waals surface area contributed by atoms with Crippen molar-refractivity contribution in [2.24, 2.45) is 0 Å². The number of nitrogens with zero attached hydrogens (tertiary/aromatic N) is 1. The maximum atomic E-state index is 5.69. The van der Waals surface area contributed by atoms with E-state index in [4.69, 9.17) is 12.2 Å². The Balaban J connectivity index is 1.69. The van der Waals surface area contributed by atoms with Crippen molar-refractivity contribution < 1.29 is 0 Å². The first kappa shape index (κ1) is 17.2. The Morgan fingerprint density at radius 2 is 1.04 bits per heavy atom. The van der Waals surface area contributed by atoms with Gasteiger partial charge in [-0.2, -0.15) is 0 Å².